The number of rotatable bonds is 3. The highest BCUT2D eigenvalue weighted by atomic mass is 32.1. The number of hydrogen-bond acceptors (Lipinski definition) is 3. The van der Waals surface area contributed by atoms with Crippen LogP contribution in [-0.2, 0) is 0 Å². The number of anilines is 1. The highest BCUT2D eigenvalue weighted by molar-refractivity contribution is 7.10. The van der Waals surface area contributed by atoms with Crippen molar-refractivity contribution in [3.63, 3.8) is 0 Å². The summed E-state index contributed by atoms with van der Waals surface area (Å²) >= 11 is 1.47. The van der Waals surface area contributed by atoms with E-state index < -0.39 is 0 Å². The Labute approximate surface area is 129 Å². The predicted octanol–water partition coefficient (Wildman–Crippen LogP) is 3.03. The quantitative estimate of drug-likeness (QED) is 0.885. The lowest BCUT2D eigenvalue weighted by Crippen LogP contribution is -2.30. The number of thiophene rings is 1. The van der Waals surface area contributed by atoms with Crippen molar-refractivity contribution in [3.8, 4) is 11.8 Å². The second-order valence-corrected chi connectivity index (χ2v) is 5.51. The molecular weight excluding hydrogens is 280 g/mol. The van der Waals surface area contributed by atoms with Crippen molar-refractivity contribution in [2.75, 3.05) is 18.0 Å². The molecule has 0 atom stereocenters. The summed E-state index contributed by atoms with van der Waals surface area (Å²) in [5.41, 5.74) is 8.09. The summed E-state index contributed by atoms with van der Waals surface area (Å²) in [5.74, 6) is 5.76. The molecule has 108 valence electrons. The molecule has 0 aliphatic carbocycles. The number of nitrogens with zero attached hydrogens (tertiary/aromatic N) is 1. The zero-order chi connectivity index (χ0) is 15.2. The van der Waals surface area contributed by atoms with E-state index >= 15 is 0 Å². The van der Waals surface area contributed by atoms with Gasteiger partial charge in [-0.25, -0.2) is 0 Å². The van der Waals surface area contributed by atoms with Gasteiger partial charge in [0.05, 0.1) is 17.0 Å². The molecule has 0 aliphatic heterocycles. The normalized spacial score (nSPS) is 9.86. The molecule has 3 nitrogen and oxygen atoms in total. The van der Waals surface area contributed by atoms with Crippen molar-refractivity contribution >= 4 is 22.9 Å². The first-order chi connectivity index (χ1) is 10.2. The summed E-state index contributed by atoms with van der Waals surface area (Å²) in [5, 5.41) is 1.85. The molecular formula is C17H18N2OS. The summed E-state index contributed by atoms with van der Waals surface area (Å²) in [7, 11) is 0. The molecule has 21 heavy (non-hydrogen) atoms. The van der Waals surface area contributed by atoms with Gasteiger partial charge in [-0.2, -0.15) is 0 Å². The fourth-order valence-corrected chi connectivity index (χ4v) is 2.80. The van der Waals surface area contributed by atoms with Gasteiger partial charge in [0, 0.05) is 17.6 Å². The molecule has 1 aromatic carbocycles. The van der Waals surface area contributed by atoms with Crippen LogP contribution in [-0.4, -0.2) is 19.0 Å². The van der Waals surface area contributed by atoms with E-state index in [1.54, 1.807) is 4.90 Å². The average Bonchev–Trinajstić information content (AvgIpc) is 2.94. The monoisotopic (exact) mass is 298 g/mol. The number of hydrogen-bond donors (Lipinski definition) is 1. The maximum atomic E-state index is 12.6. The van der Waals surface area contributed by atoms with Crippen LogP contribution < -0.4 is 10.6 Å². The second kappa shape index (κ2) is 7.07. The van der Waals surface area contributed by atoms with Gasteiger partial charge in [-0.15, -0.1) is 11.3 Å². The minimum atomic E-state index is 0.000137. The van der Waals surface area contributed by atoms with Gasteiger partial charge in [-0.05, 0) is 37.6 Å². The molecule has 0 fully saturated rings. The molecule has 0 bridgehead atoms. The van der Waals surface area contributed by atoms with Gasteiger partial charge in [0.2, 0.25) is 0 Å². The molecule has 4 heteroatoms. The molecule has 0 aliphatic rings. The van der Waals surface area contributed by atoms with Gasteiger partial charge >= 0.3 is 0 Å². The van der Waals surface area contributed by atoms with E-state index in [-0.39, 0.29) is 5.91 Å². The second-order valence-electron chi connectivity index (χ2n) is 4.59. The van der Waals surface area contributed by atoms with Crippen LogP contribution in [0.15, 0.2) is 35.7 Å². The van der Waals surface area contributed by atoms with Crippen LogP contribution >= 0.6 is 11.3 Å². The van der Waals surface area contributed by atoms with Crippen molar-refractivity contribution in [1.29, 1.82) is 0 Å². The van der Waals surface area contributed by atoms with Gasteiger partial charge in [0.1, 0.15) is 0 Å². The molecule has 0 saturated heterocycles. The molecule has 1 amide bonds. The largest absolute Gasteiger partial charge is 0.320 e. The van der Waals surface area contributed by atoms with E-state index in [1.807, 2.05) is 49.6 Å². The summed E-state index contributed by atoms with van der Waals surface area (Å²) < 4.78 is 0. The Balaban J connectivity index is 2.26. The third kappa shape index (κ3) is 3.72. The Morgan fingerprint density at radius 2 is 2.19 bits per heavy atom. The van der Waals surface area contributed by atoms with E-state index in [0.717, 1.165) is 16.1 Å². The van der Waals surface area contributed by atoms with Gasteiger partial charge in [-0.1, -0.05) is 24.0 Å². The Kier molecular flexibility index (Phi) is 5.15. The Morgan fingerprint density at radius 3 is 2.86 bits per heavy atom. The van der Waals surface area contributed by atoms with E-state index in [1.165, 1.54) is 11.3 Å². The zero-order valence-corrected chi connectivity index (χ0v) is 13.0. The van der Waals surface area contributed by atoms with Crippen LogP contribution in [0.5, 0.6) is 0 Å². The van der Waals surface area contributed by atoms with Crippen LogP contribution in [0, 0.1) is 18.8 Å². The summed E-state index contributed by atoms with van der Waals surface area (Å²) in [6, 6.07) is 9.78. The molecule has 2 aromatic rings. The smallest absolute Gasteiger partial charge is 0.259 e. The number of carbonyl (C=O) groups excluding carboxylic acids is 1. The average molecular weight is 298 g/mol. The fraction of sp³-hybridized carbons (Fsp3) is 0.235. The molecule has 0 radical (unpaired) electrons. The maximum Gasteiger partial charge on any atom is 0.259 e. The predicted molar refractivity (Wildman–Crippen MR) is 88.8 cm³/mol. The lowest BCUT2D eigenvalue weighted by Gasteiger charge is -2.20. The van der Waals surface area contributed by atoms with Gasteiger partial charge in [0.25, 0.3) is 5.91 Å². The fourth-order valence-electron chi connectivity index (χ4n) is 2.05. The summed E-state index contributed by atoms with van der Waals surface area (Å²) in [6.07, 6.45) is 0. The summed E-state index contributed by atoms with van der Waals surface area (Å²) in [6.45, 7) is 4.95. The van der Waals surface area contributed by atoms with E-state index in [4.69, 9.17) is 5.73 Å². The van der Waals surface area contributed by atoms with Gasteiger partial charge in [-0.3, -0.25) is 4.79 Å². The maximum absolute atomic E-state index is 12.6. The third-order valence-electron chi connectivity index (χ3n) is 3.03. The standard InChI is InChI=1S/C17H18N2OS/c1-3-19(15-7-4-6-13(2)10-15)17(20)14-11-16(21-12-14)8-5-9-18/h4,6-7,10-12H,3,9,18H2,1-2H3. The molecule has 1 aromatic heterocycles. The van der Waals surface area contributed by atoms with Crippen molar-refractivity contribution in [1.82, 2.24) is 0 Å². The van der Waals surface area contributed by atoms with Crippen molar-refractivity contribution in [3.05, 3.63) is 51.7 Å². The minimum absolute atomic E-state index is 0.000137. The molecule has 1 heterocycles. The molecule has 2 rings (SSSR count). The SMILES string of the molecule is CCN(C(=O)c1csc(C#CCN)c1)c1cccc(C)c1. The first-order valence-electron chi connectivity index (χ1n) is 6.81. The van der Waals surface area contributed by atoms with Crippen LogP contribution in [0.1, 0.15) is 27.7 Å². The zero-order valence-electron chi connectivity index (χ0n) is 12.2. The van der Waals surface area contributed by atoms with Crippen LogP contribution in [0.2, 0.25) is 0 Å². The van der Waals surface area contributed by atoms with Crippen molar-refractivity contribution in [2.24, 2.45) is 5.73 Å². The molecule has 2 N–H and O–H groups in total. The topological polar surface area (TPSA) is 46.3 Å². The first kappa shape index (κ1) is 15.3. The van der Waals surface area contributed by atoms with E-state index in [2.05, 4.69) is 11.8 Å². The number of carbonyl (C=O) groups is 1. The Bertz CT molecular complexity index is 694. The lowest BCUT2D eigenvalue weighted by molar-refractivity contribution is 0.0989. The van der Waals surface area contributed by atoms with Gasteiger partial charge < -0.3 is 10.6 Å². The number of amides is 1. The van der Waals surface area contributed by atoms with Crippen molar-refractivity contribution < 1.29 is 4.79 Å². The molecule has 0 spiro atoms. The Morgan fingerprint density at radius 1 is 1.38 bits per heavy atom. The number of benzene rings is 1. The highest BCUT2D eigenvalue weighted by Gasteiger charge is 2.17. The van der Waals surface area contributed by atoms with Crippen molar-refractivity contribution in [2.45, 2.75) is 13.8 Å². The molecule has 0 saturated carbocycles. The lowest BCUT2D eigenvalue weighted by atomic mass is 10.2. The van der Waals surface area contributed by atoms with E-state index in [0.29, 0.717) is 18.7 Å². The van der Waals surface area contributed by atoms with Gasteiger partial charge in [0.15, 0.2) is 0 Å². The van der Waals surface area contributed by atoms with Crippen LogP contribution in [0.3, 0.4) is 0 Å². The number of aryl methyl sites for hydroxylation is 1. The third-order valence-corrected chi connectivity index (χ3v) is 3.88. The Hall–Kier alpha value is -2.09. The molecule has 0 unspecified atom stereocenters. The number of nitrogens with two attached hydrogens (primary N) is 1. The summed E-state index contributed by atoms with van der Waals surface area (Å²) in [4.78, 5) is 15.3. The highest BCUT2D eigenvalue weighted by Crippen LogP contribution is 2.21. The van der Waals surface area contributed by atoms with E-state index in [9.17, 15) is 4.79 Å². The van der Waals surface area contributed by atoms with Crippen LogP contribution in [0.4, 0.5) is 5.69 Å². The minimum Gasteiger partial charge on any atom is -0.320 e. The van der Waals surface area contributed by atoms with Crippen LogP contribution in [0.25, 0.3) is 0 Å². The first-order valence-corrected chi connectivity index (χ1v) is 7.69.